The van der Waals surface area contributed by atoms with E-state index in [2.05, 4.69) is 6.92 Å². The van der Waals surface area contributed by atoms with Crippen LogP contribution in [0.2, 0.25) is 0 Å². The molecule has 0 saturated heterocycles. The van der Waals surface area contributed by atoms with Gasteiger partial charge in [0, 0.05) is 0 Å². The average molecular weight is 206 g/mol. The van der Waals surface area contributed by atoms with Crippen molar-refractivity contribution in [2.45, 2.75) is 6.92 Å². The summed E-state index contributed by atoms with van der Waals surface area (Å²) in [7, 11) is 0. The van der Waals surface area contributed by atoms with Crippen LogP contribution in [-0.4, -0.2) is 23.1 Å². The largest absolute Gasteiger partial charge is 2.00 e. The predicted molar refractivity (Wildman–Crippen MR) is 25.9 cm³/mol. The van der Waals surface area contributed by atoms with Gasteiger partial charge in [0.05, 0.1) is 0 Å². The summed E-state index contributed by atoms with van der Waals surface area (Å²) in [6, 6.07) is 0. The molecule has 0 aromatic rings. The van der Waals surface area contributed by atoms with Gasteiger partial charge < -0.3 is 24.0 Å². The van der Waals surface area contributed by atoms with Crippen molar-refractivity contribution in [2.75, 3.05) is 0 Å². The van der Waals surface area contributed by atoms with Crippen molar-refractivity contribution in [1.29, 1.82) is 0 Å². The second-order valence-corrected chi connectivity index (χ2v) is 0.569. The minimum Gasteiger partial charge on any atom is -1.00 e. The zero-order valence-electron chi connectivity index (χ0n) is 3.95. The van der Waals surface area contributed by atoms with Crippen LogP contribution < -0.4 is 24.0 Å². The van der Waals surface area contributed by atoms with E-state index >= 15 is 0 Å². The summed E-state index contributed by atoms with van der Waals surface area (Å²) in [6.07, 6.45) is 3.64. The molecule has 0 aromatic carbocycles. The fraction of sp³-hybridized carbons (Fsp3) is 0.250. The first-order valence-electron chi connectivity index (χ1n) is 1.32. The molecular weight excluding hydrogens is 199 g/mol. The molecule has 0 aliphatic carbocycles. The molecular formula is C4H7IMg. The van der Waals surface area contributed by atoms with E-state index in [1.165, 1.54) is 0 Å². The van der Waals surface area contributed by atoms with E-state index in [4.69, 9.17) is 0 Å². The van der Waals surface area contributed by atoms with Gasteiger partial charge in [-0.15, -0.1) is 6.92 Å². The third-order valence-electron chi connectivity index (χ3n) is 0.236. The normalized spacial score (nSPS) is 6.17. The summed E-state index contributed by atoms with van der Waals surface area (Å²) in [4.78, 5) is 0. The Morgan fingerprint density at radius 3 is 1.67 bits per heavy atom. The van der Waals surface area contributed by atoms with Gasteiger partial charge in [-0.2, -0.15) is 0 Å². The van der Waals surface area contributed by atoms with E-state index in [0.29, 0.717) is 0 Å². The second-order valence-electron chi connectivity index (χ2n) is 0.569. The van der Waals surface area contributed by atoms with Crippen LogP contribution in [0.5, 0.6) is 0 Å². The molecule has 0 aliphatic rings. The van der Waals surface area contributed by atoms with Crippen LogP contribution in [0.25, 0.3) is 0 Å². The molecule has 0 spiro atoms. The van der Waals surface area contributed by atoms with Crippen LogP contribution in [0.4, 0.5) is 0 Å². The van der Waals surface area contributed by atoms with Crippen LogP contribution in [0.1, 0.15) is 6.92 Å². The molecule has 2 heteroatoms. The van der Waals surface area contributed by atoms with Crippen molar-refractivity contribution >= 4 is 23.1 Å². The van der Waals surface area contributed by atoms with Gasteiger partial charge >= 0.3 is 23.1 Å². The first kappa shape index (κ1) is 15.7. The van der Waals surface area contributed by atoms with Gasteiger partial charge in [-0.1, -0.05) is 0 Å². The number of allylic oxidation sites excluding steroid dienone is 2. The molecule has 0 radical (unpaired) electrons. The minimum atomic E-state index is 0. The van der Waals surface area contributed by atoms with Crippen LogP contribution in [0, 0.1) is 6.92 Å². The standard InChI is InChI=1S/C4H7.HI.Mg/c1-3-4-2;;/h3-4H,1H2,2H3;1H;/q-1;;+2/p-1. The van der Waals surface area contributed by atoms with Gasteiger partial charge in [-0.25, -0.2) is 19.1 Å². The Bertz CT molecular complexity index is 22.7. The molecule has 0 aromatic heterocycles. The van der Waals surface area contributed by atoms with Gasteiger partial charge in [-0.3, -0.25) is 0 Å². The van der Waals surface area contributed by atoms with Gasteiger partial charge in [0.15, 0.2) is 0 Å². The quantitative estimate of drug-likeness (QED) is 0.245. The van der Waals surface area contributed by atoms with Gasteiger partial charge in [0.25, 0.3) is 0 Å². The minimum absolute atomic E-state index is 0. The molecule has 0 bridgehead atoms. The van der Waals surface area contributed by atoms with Crippen molar-refractivity contribution in [3.8, 4) is 0 Å². The van der Waals surface area contributed by atoms with Crippen LogP contribution in [-0.2, 0) is 0 Å². The van der Waals surface area contributed by atoms with Crippen molar-refractivity contribution in [1.82, 2.24) is 0 Å². The van der Waals surface area contributed by atoms with E-state index in [0.717, 1.165) is 0 Å². The molecule has 0 fully saturated rings. The molecule has 0 N–H and O–H groups in total. The maximum absolute atomic E-state index is 3.42. The third-order valence-corrected chi connectivity index (χ3v) is 0.236. The first-order valence-corrected chi connectivity index (χ1v) is 1.32. The molecule has 0 unspecified atom stereocenters. The van der Waals surface area contributed by atoms with E-state index < -0.39 is 0 Å². The molecule has 0 rings (SSSR count). The number of rotatable bonds is 0. The Hall–Kier alpha value is 1.11. The Morgan fingerprint density at radius 1 is 1.50 bits per heavy atom. The molecule has 0 atom stereocenters. The van der Waals surface area contributed by atoms with E-state index in [1.807, 2.05) is 13.0 Å². The van der Waals surface area contributed by atoms with Crippen molar-refractivity contribution in [2.24, 2.45) is 0 Å². The summed E-state index contributed by atoms with van der Waals surface area (Å²) in [5.41, 5.74) is 0. The summed E-state index contributed by atoms with van der Waals surface area (Å²) >= 11 is 0. The number of halogens is 1. The fourth-order valence-electron chi connectivity index (χ4n) is 0. The molecule has 0 amide bonds. The third kappa shape index (κ3) is 19.4. The molecule has 32 valence electrons. The smallest absolute Gasteiger partial charge is 1.00 e. The fourth-order valence-corrected chi connectivity index (χ4v) is 0. The molecule has 0 aliphatic heterocycles. The topological polar surface area (TPSA) is 0 Å². The Kier molecular flexibility index (Phi) is 43.2. The SMILES string of the molecule is [CH2-]C=CC.[I-].[Mg+2]. The maximum Gasteiger partial charge on any atom is 2.00 e. The monoisotopic (exact) mass is 206 g/mol. The van der Waals surface area contributed by atoms with Gasteiger partial charge in [0.2, 0.25) is 0 Å². The second kappa shape index (κ2) is 16.5. The zero-order valence-corrected chi connectivity index (χ0v) is 7.52. The predicted octanol–water partition coefficient (Wildman–Crippen LogP) is -1.98. The summed E-state index contributed by atoms with van der Waals surface area (Å²) in [5.74, 6) is 0. The summed E-state index contributed by atoms with van der Waals surface area (Å²) in [5, 5.41) is 0. The van der Waals surface area contributed by atoms with Gasteiger partial charge in [0.1, 0.15) is 0 Å². The Morgan fingerprint density at radius 2 is 1.67 bits per heavy atom. The van der Waals surface area contributed by atoms with Crippen LogP contribution in [0.3, 0.4) is 0 Å². The molecule has 0 saturated carbocycles. The van der Waals surface area contributed by atoms with Gasteiger partial charge in [-0.05, 0) is 0 Å². The number of hydrogen-bond donors (Lipinski definition) is 0. The molecule has 0 nitrogen and oxygen atoms in total. The molecule has 6 heavy (non-hydrogen) atoms. The summed E-state index contributed by atoms with van der Waals surface area (Å²) < 4.78 is 0. The maximum atomic E-state index is 3.42. The molecule has 0 heterocycles. The Labute approximate surface area is 72.6 Å². The summed E-state index contributed by atoms with van der Waals surface area (Å²) in [6.45, 7) is 5.36. The van der Waals surface area contributed by atoms with E-state index in [-0.39, 0.29) is 47.0 Å². The van der Waals surface area contributed by atoms with Crippen LogP contribution >= 0.6 is 0 Å². The first-order chi connectivity index (χ1) is 1.91. The van der Waals surface area contributed by atoms with Crippen molar-refractivity contribution < 1.29 is 24.0 Å². The van der Waals surface area contributed by atoms with E-state index in [9.17, 15) is 0 Å². The Balaban J connectivity index is -0.0000000450. The zero-order chi connectivity index (χ0) is 3.41. The number of hydrogen-bond acceptors (Lipinski definition) is 0. The van der Waals surface area contributed by atoms with E-state index in [1.54, 1.807) is 6.08 Å². The van der Waals surface area contributed by atoms with Crippen LogP contribution in [0.15, 0.2) is 12.2 Å². The van der Waals surface area contributed by atoms with Crippen molar-refractivity contribution in [3.05, 3.63) is 19.1 Å². The van der Waals surface area contributed by atoms with Crippen molar-refractivity contribution in [3.63, 3.8) is 0 Å². The average Bonchev–Trinajstić information content (AvgIpc) is 1.37.